The van der Waals surface area contributed by atoms with Crippen LogP contribution in [0.5, 0.6) is 0 Å². The maximum absolute atomic E-state index is 14.1. The van der Waals surface area contributed by atoms with Gasteiger partial charge in [0.1, 0.15) is 5.82 Å². The first-order valence-electron chi connectivity index (χ1n) is 15.6. The number of carboxylic acids is 1. The zero-order chi connectivity index (χ0) is 29.2. The molecular formula is C34H42N4O3S. The van der Waals surface area contributed by atoms with Gasteiger partial charge in [0, 0.05) is 50.6 Å². The zero-order valence-corrected chi connectivity index (χ0v) is 25.6. The molecule has 0 atom stereocenters. The van der Waals surface area contributed by atoms with Gasteiger partial charge in [-0.05, 0) is 105 Å². The second kappa shape index (κ2) is 12.5. The first kappa shape index (κ1) is 28.8. The Balaban J connectivity index is 1.18. The molecule has 1 amide bonds. The zero-order valence-electron chi connectivity index (χ0n) is 24.7. The van der Waals surface area contributed by atoms with Gasteiger partial charge in [-0.1, -0.05) is 18.2 Å². The molecule has 0 unspecified atom stereocenters. The molecule has 3 fully saturated rings. The van der Waals surface area contributed by atoms with Gasteiger partial charge in [-0.25, -0.2) is 9.97 Å². The highest BCUT2D eigenvalue weighted by molar-refractivity contribution is 7.15. The van der Waals surface area contributed by atoms with Crippen LogP contribution in [0.25, 0.3) is 10.4 Å². The molecule has 0 bridgehead atoms. The molecule has 3 aromatic rings. The minimum Gasteiger partial charge on any atom is -0.481 e. The van der Waals surface area contributed by atoms with E-state index in [0.717, 1.165) is 47.6 Å². The molecule has 3 aliphatic carbocycles. The molecule has 42 heavy (non-hydrogen) atoms. The van der Waals surface area contributed by atoms with Crippen molar-refractivity contribution >= 4 is 34.7 Å². The SMILES string of the molecule is CN(C)c1ccc([C@H]2CC[C@H](CN(c3cccc(-c4cnc(C5CC5)s4)c3)C(=O)[C@H]3CC[C@H](C(=O)O)CC3)CC2)cn1. The fraction of sp³-hybridized carbons (Fsp3) is 0.529. The second-order valence-electron chi connectivity index (χ2n) is 12.8. The summed E-state index contributed by atoms with van der Waals surface area (Å²) in [7, 11) is 4.02. The van der Waals surface area contributed by atoms with Gasteiger partial charge in [-0.3, -0.25) is 9.59 Å². The van der Waals surface area contributed by atoms with Crippen LogP contribution < -0.4 is 9.80 Å². The molecule has 2 aromatic heterocycles. The number of hydrogen-bond donors (Lipinski definition) is 1. The van der Waals surface area contributed by atoms with Gasteiger partial charge in [-0.15, -0.1) is 11.3 Å². The minimum atomic E-state index is -0.733. The van der Waals surface area contributed by atoms with Gasteiger partial charge in [-0.2, -0.15) is 0 Å². The maximum atomic E-state index is 14.1. The number of anilines is 2. The first-order chi connectivity index (χ1) is 20.4. The first-order valence-corrected chi connectivity index (χ1v) is 16.4. The van der Waals surface area contributed by atoms with Gasteiger partial charge in [0.25, 0.3) is 0 Å². The van der Waals surface area contributed by atoms with Gasteiger partial charge in [0.15, 0.2) is 0 Å². The molecule has 0 aliphatic heterocycles. The van der Waals surface area contributed by atoms with Crippen LogP contribution in [0.2, 0.25) is 0 Å². The molecular weight excluding hydrogens is 544 g/mol. The average molecular weight is 587 g/mol. The van der Waals surface area contributed by atoms with Crippen molar-refractivity contribution in [3.05, 3.63) is 59.4 Å². The molecule has 3 saturated carbocycles. The summed E-state index contributed by atoms with van der Waals surface area (Å²) in [5.74, 6) is 1.53. The third-order valence-corrected chi connectivity index (χ3v) is 10.8. The van der Waals surface area contributed by atoms with Crippen molar-refractivity contribution in [3.63, 3.8) is 0 Å². The van der Waals surface area contributed by atoms with E-state index in [-0.39, 0.29) is 17.7 Å². The number of carbonyl (C=O) groups is 2. The van der Waals surface area contributed by atoms with Crippen LogP contribution in [0.15, 0.2) is 48.8 Å². The predicted octanol–water partition coefficient (Wildman–Crippen LogP) is 7.35. The summed E-state index contributed by atoms with van der Waals surface area (Å²) in [6.45, 7) is 0.710. The van der Waals surface area contributed by atoms with Gasteiger partial charge in [0.2, 0.25) is 5.91 Å². The van der Waals surface area contributed by atoms with E-state index in [1.807, 2.05) is 36.3 Å². The summed E-state index contributed by atoms with van der Waals surface area (Å²) in [6.07, 6.45) is 13.3. The molecule has 0 spiro atoms. The van der Waals surface area contributed by atoms with E-state index >= 15 is 0 Å². The third-order valence-electron chi connectivity index (χ3n) is 9.57. The van der Waals surface area contributed by atoms with E-state index in [9.17, 15) is 14.7 Å². The molecule has 2 heterocycles. The van der Waals surface area contributed by atoms with Gasteiger partial charge in [0.05, 0.1) is 15.8 Å². The number of pyridine rings is 1. The number of carbonyl (C=O) groups excluding carboxylic acids is 1. The number of aromatic nitrogens is 2. The summed E-state index contributed by atoms with van der Waals surface area (Å²) in [5, 5.41) is 10.7. The Kier molecular flexibility index (Phi) is 8.61. The Bertz CT molecular complexity index is 1380. The Labute approximate surface area is 253 Å². The smallest absolute Gasteiger partial charge is 0.306 e. The van der Waals surface area contributed by atoms with Crippen LogP contribution in [0.1, 0.15) is 86.6 Å². The van der Waals surface area contributed by atoms with Crippen molar-refractivity contribution in [2.24, 2.45) is 17.8 Å². The highest BCUT2D eigenvalue weighted by Crippen LogP contribution is 2.44. The molecule has 7 nitrogen and oxygen atoms in total. The number of amides is 1. The van der Waals surface area contributed by atoms with E-state index in [2.05, 4.69) is 46.4 Å². The Hall–Kier alpha value is -3.26. The van der Waals surface area contributed by atoms with Crippen LogP contribution >= 0.6 is 11.3 Å². The Morgan fingerprint density at radius 2 is 1.57 bits per heavy atom. The summed E-state index contributed by atoms with van der Waals surface area (Å²) in [4.78, 5) is 40.2. The normalized spacial score (nSPS) is 24.2. The van der Waals surface area contributed by atoms with Crippen molar-refractivity contribution in [3.8, 4) is 10.4 Å². The lowest BCUT2D eigenvalue weighted by Crippen LogP contribution is -2.41. The summed E-state index contributed by atoms with van der Waals surface area (Å²) in [6, 6.07) is 12.7. The number of hydrogen-bond acceptors (Lipinski definition) is 6. The summed E-state index contributed by atoms with van der Waals surface area (Å²) in [5.41, 5.74) is 3.37. The lowest BCUT2D eigenvalue weighted by molar-refractivity contribution is -0.144. The molecule has 6 rings (SSSR count). The molecule has 1 aromatic carbocycles. The van der Waals surface area contributed by atoms with Crippen molar-refractivity contribution in [1.29, 1.82) is 0 Å². The minimum absolute atomic E-state index is 0.119. The molecule has 0 radical (unpaired) electrons. The number of thiazole rings is 1. The maximum Gasteiger partial charge on any atom is 0.306 e. The van der Waals surface area contributed by atoms with Crippen LogP contribution in [0, 0.1) is 17.8 Å². The number of carboxylic acid groups (broad SMARTS) is 1. The van der Waals surface area contributed by atoms with E-state index in [0.29, 0.717) is 50.0 Å². The van der Waals surface area contributed by atoms with Crippen LogP contribution in [-0.2, 0) is 9.59 Å². The van der Waals surface area contributed by atoms with Crippen LogP contribution in [0.4, 0.5) is 11.5 Å². The quantitative estimate of drug-likeness (QED) is 0.282. The van der Waals surface area contributed by atoms with Crippen molar-refractivity contribution in [2.75, 3.05) is 30.4 Å². The largest absolute Gasteiger partial charge is 0.481 e. The standard InChI is InChI=1S/C34H42N4O3S/c1-37(2)31-17-16-28(19-35-31)23-8-6-22(7-9-23)21-38(33(39)25-12-14-26(15-13-25)34(40)41)29-5-3-4-27(18-29)30-20-36-32(42-30)24-10-11-24/h3-5,16-20,22-26H,6-15,21H2,1-2H3,(H,40,41)/t22-,23-,25-,26-. The molecule has 8 heteroatoms. The van der Waals surface area contributed by atoms with Crippen LogP contribution in [0.3, 0.4) is 0 Å². The fourth-order valence-electron chi connectivity index (χ4n) is 6.74. The number of benzene rings is 1. The van der Waals surface area contributed by atoms with E-state index in [1.165, 1.54) is 23.4 Å². The van der Waals surface area contributed by atoms with Crippen molar-refractivity contribution in [2.45, 2.75) is 76.0 Å². The highest BCUT2D eigenvalue weighted by atomic mass is 32.1. The number of nitrogens with zero attached hydrogens (tertiary/aromatic N) is 4. The summed E-state index contributed by atoms with van der Waals surface area (Å²) < 4.78 is 0. The predicted molar refractivity (Wildman–Crippen MR) is 168 cm³/mol. The lowest BCUT2D eigenvalue weighted by atomic mass is 9.78. The monoisotopic (exact) mass is 586 g/mol. The van der Waals surface area contributed by atoms with Gasteiger partial charge < -0.3 is 14.9 Å². The lowest BCUT2D eigenvalue weighted by Gasteiger charge is -2.36. The third kappa shape index (κ3) is 6.54. The molecule has 3 aliphatic rings. The topological polar surface area (TPSA) is 86.6 Å². The number of aliphatic carboxylic acids is 1. The molecule has 1 N–H and O–H groups in total. The Morgan fingerprint density at radius 1 is 0.857 bits per heavy atom. The Morgan fingerprint density at radius 3 is 2.21 bits per heavy atom. The van der Waals surface area contributed by atoms with Gasteiger partial charge >= 0.3 is 5.97 Å². The average Bonchev–Trinajstić information content (AvgIpc) is 3.76. The van der Waals surface area contributed by atoms with E-state index in [1.54, 1.807) is 11.3 Å². The molecule has 222 valence electrons. The molecule has 0 saturated heterocycles. The second-order valence-corrected chi connectivity index (χ2v) is 13.8. The summed E-state index contributed by atoms with van der Waals surface area (Å²) >= 11 is 1.77. The van der Waals surface area contributed by atoms with E-state index in [4.69, 9.17) is 0 Å². The fourth-order valence-corrected chi connectivity index (χ4v) is 7.82. The van der Waals surface area contributed by atoms with Crippen LogP contribution in [-0.4, -0.2) is 47.6 Å². The van der Waals surface area contributed by atoms with Crippen molar-refractivity contribution < 1.29 is 14.7 Å². The highest BCUT2D eigenvalue weighted by Gasteiger charge is 2.34. The van der Waals surface area contributed by atoms with Crippen molar-refractivity contribution in [1.82, 2.24) is 9.97 Å². The number of rotatable bonds is 9. The van der Waals surface area contributed by atoms with E-state index < -0.39 is 5.97 Å².